The molecule has 0 aromatic carbocycles. The van der Waals surface area contributed by atoms with Crippen molar-refractivity contribution in [2.75, 3.05) is 0 Å². The molecule has 3 fully saturated rings. The highest BCUT2D eigenvalue weighted by Gasteiger charge is 2.67. The first-order valence-corrected chi connectivity index (χ1v) is 8.72. The Morgan fingerprint density at radius 2 is 1.79 bits per heavy atom. The summed E-state index contributed by atoms with van der Waals surface area (Å²) in [5.74, 6) is 0.462. The van der Waals surface area contributed by atoms with Crippen molar-refractivity contribution in [1.29, 1.82) is 0 Å². The minimum atomic E-state index is -0.474. The van der Waals surface area contributed by atoms with Gasteiger partial charge in [-0.25, -0.2) is 0 Å². The Morgan fingerprint density at radius 1 is 1.17 bits per heavy atom. The van der Waals surface area contributed by atoms with Gasteiger partial charge in [-0.15, -0.1) is 0 Å². The van der Waals surface area contributed by atoms with E-state index in [-0.39, 0.29) is 40.5 Å². The highest BCUT2D eigenvalue weighted by molar-refractivity contribution is 7.16. The molecule has 2 bridgehead atoms. The van der Waals surface area contributed by atoms with Gasteiger partial charge in [-0.3, -0.25) is 19.7 Å². The molecular weight excluding hydrogens is 330 g/mol. The summed E-state index contributed by atoms with van der Waals surface area (Å²) < 4.78 is 0. The second kappa shape index (κ2) is 4.60. The third-order valence-corrected chi connectivity index (χ3v) is 6.70. The second-order valence-corrected chi connectivity index (χ2v) is 7.91. The smallest absolute Gasteiger partial charge is 0.272 e. The van der Waals surface area contributed by atoms with Crippen molar-refractivity contribution in [2.24, 2.45) is 40.6 Å². The number of allylic oxidation sites excluding steroid dienone is 2. The first kappa shape index (κ1) is 14.0. The van der Waals surface area contributed by atoms with Gasteiger partial charge in [0.2, 0.25) is 0 Å². The van der Waals surface area contributed by atoms with Gasteiger partial charge in [0, 0.05) is 6.07 Å². The predicted octanol–water partition coefficient (Wildman–Crippen LogP) is 2.04. The molecule has 122 valence electrons. The lowest BCUT2D eigenvalue weighted by atomic mass is 9.63. The summed E-state index contributed by atoms with van der Waals surface area (Å²) in [5.41, 5.74) is 0. The molecule has 0 radical (unpaired) electrons. The fraction of sp³-hybridized carbons (Fsp3) is 0.438. The number of amides is 2. The molecule has 5 aliphatic rings. The van der Waals surface area contributed by atoms with Crippen molar-refractivity contribution in [1.82, 2.24) is 5.01 Å². The van der Waals surface area contributed by atoms with Gasteiger partial charge in [0.05, 0.1) is 27.9 Å². The van der Waals surface area contributed by atoms with Crippen LogP contribution in [0.4, 0.5) is 5.00 Å². The molecule has 1 aromatic rings. The van der Waals surface area contributed by atoms with E-state index in [1.54, 1.807) is 6.07 Å². The van der Waals surface area contributed by atoms with E-state index in [1.165, 1.54) is 12.3 Å². The summed E-state index contributed by atoms with van der Waals surface area (Å²) in [6, 6.07) is 2.95. The lowest BCUT2D eigenvalue weighted by Gasteiger charge is -2.37. The molecule has 2 heterocycles. The average molecular weight is 343 g/mol. The minimum Gasteiger partial charge on any atom is -0.272 e. The first-order valence-electron chi connectivity index (χ1n) is 7.90. The van der Waals surface area contributed by atoms with Gasteiger partial charge in [0.25, 0.3) is 11.8 Å². The zero-order valence-corrected chi connectivity index (χ0v) is 13.3. The normalized spacial score (nSPS) is 38.8. The summed E-state index contributed by atoms with van der Waals surface area (Å²) in [6.45, 7) is 0. The summed E-state index contributed by atoms with van der Waals surface area (Å²) in [5, 5.41) is 15.8. The molecule has 1 aliphatic heterocycles. The molecule has 0 N–H and O–H groups in total. The number of hydrazone groups is 1. The zero-order chi connectivity index (χ0) is 16.6. The van der Waals surface area contributed by atoms with Crippen LogP contribution in [0.25, 0.3) is 0 Å². The van der Waals surface area contributed by atoms with Crippen LogP contribution in [0, 0.1) is 45.6 Å². The Hall–Kier alpha value is -2.35. The quantitative estimate of drug-likeness (QED) is 0.276. The number of carbonyl (C=O) groups is 2. The molecule has 7 nitrogen and oxygen atoms in total. The molecule has 8 heteroatoms. The van der Waals surface area contributed by atoms with E-state index in [9.17, 15) is 19.7 Å². The molecule has 0 spiro atoms. The predicted molar refractivity (Wildman–Crippen MR) is 85.1 cm³/mol. The van der Waals surface area contributed by atoms with Crippen LogP contribution in [0.15, 0.2) is 29.4 Å². The lowest BCUT2D eigenvalue weighted by molar-refractivity contribution is -0.380. The van der Waals surface area contributed by atoms with Gasteiger partial charge < -0.3 is 0 Å². The van der Waals surface area contributed by atoms with Crippen LogP contribution in [0.1, 0.15) is 11.3 Å². The van der Waals surface area contributed by atoms with Crippen molar-refractivity contribution in [3.63, 3.8) is 0 Å². The van der Waals surface area contributed by atoms with E-state index in [4.69, 9.17) is 0 Å². The highest BCUT2D eigenvalue weighted by atomic mass is 32.1. The third-order valence-electron chi connectivity index (χ3n) is 5.73. The SMILES string of the molecule is O=C1[C@@H]2[C@H]3C=C[C@@H]([C@@H]4C[C@H]34)[C@H]2C(=O)N1/N=C\c1ccc([N+](=O)[O-])s1. The van der Waals surface area contributed by atoms with Crippen LogP contribution in [-0.4, -0.2) is 28.0 Å². The number of nitro groups is 1. The molecular formula is C16H13N3O4S. The van der Waals surface area contributed by atoms with Crippen LogP contribution in [0.2, 0.25) is 0 Å². The van der Waals surface area contributed by atoms with Crippen LogP contribution < -0.4 is 0 Å². The standard InChI is InChI=1S/C16H13N3O4S/c20-15-13-8-2-3-9(11-5-10(8)11)14(13)16(21)18(15)17-6-7-1-4-12(24-7)19(22)23/h1-4,6,8-11,13-14H,5H2/b17-6-/t8-,9-,10-,11+,13+,14+/m0/s1. The van der Waals surface area contributed by atoms with Crippen molar-refractivity contribution in [3.05, 3.63) is 39.3 Å². The number of rotatable bonds is 3. The lowest BCUT2D eigenvalue weighted by Crippen LogP contribution is -2.40. The summed E-state index contributed by atoms with van der Waals surface area (Å²) in [4.78, 5) is 36.2. The fourth-order valence-corrected chi connectivity index (χ4v) is 5.37. The molecule has 4 aliphatic carbocycles. The van der Waals surface area contributed by atoms with Gasteiger partial charge in [-0.1, -0.05) is 23.5 Å². The van der Waals surface area contributed by atoms with Crippen LogP contribution >= 0.6 is 11.3 Å². The van der Waals surface area contributed by atoms with Crippen LogP contribution in [-0.2, 0) is 9.59 Å². The number of hydrogen-bond donors (Lipinski definition) is 0. The Bertz CT molecular complexity index is 808. The summed E-state index contributed by atoms with van der Waals surface area (Å²) >= 11 is 0.963. The summed E-state index contributed by atoms with van der Waals surface area (Å²) in [7, 11) is 0. The molecule has 1 aromatic heterocycles. The maximum absolute atomic E-state index is 12.7. The van der Waals surface area contributed by atoms with Crippen LogP contribution in [0.5, 0.6) is 0 Å². The van der Waals surface area contributed by atoms with E-state index in [2.05, 4.69) is 17.3 Å². The average Bonchev–Trinajstić information content (AvgIpc) is 3.20. The van der Waals surface area contributed by atoms with E-state index >= 15 is 0 Å². The number of nitrogens with zero attached hydrogens (tertiary/aromatic N) is 3. The molecule has 2 saturated carbocycles. The maximum Gasteiger partial charge on any atom is 0.324 e. The van der Waals surface area contributed by atoms with Gasteiger partial charge in [0.1, 0.15) is 0 Å². The summed E-state index contributed by atoms with van der Waals surface area (Å²) in [6.07, 6.45) is 6.71. The van der Waals surface area contributed by atoms with E-state index in [1.807, 2.05) is 0 Å². The molecule has 24 heavy (non-hydrogen) atoms. The number of hydrogen-bond acceptors (Lipinski definition) is 6. The van der Waals surface area contributed by atoms with Gasteiger partial charge in [-0.05, 0) is 36.2 Å². The molecule has 2 amide bonds. The largest absolute Gasteiger partial charge is 0.324 e. The maximum atomic E-state index is 12.7. The Labute approximate surface area is 140 Å². The van der Waals surface area contributed by atoms with Crippen molar-refractivity contribution in [2.45, 2.75) is 6.42 Å². The third kappa shape index (κ3) is 1.74. The van der Waals surface area contributed by atoms with Gasteiger partial charge >= 0.3 is 5.00 Å². The van der Waals surface area contributed by atoms with Gasteiger partial charge in [0.15, 0.2) is 0 Å². The monoisotopic (exact) mass is 343 g/mol. The zero-order valence-electron chi connectivity index (χ0n) is 12.4. The topological polar surface area (TPSA) is 92.9 Å². The Morgan fingerprint density at radius 3 is 2.33 bits per heavy atom. The fourth-order valence-electron chi connectivity index (χ4n) is 4.68. The van der Waals surface area contributed by atoms with Crippen molar-refractivity contribution in [3.8, 4) is 0 Å². The number of carbonyl (C=O) groups excluding carboxylic acids is 2. The van der Waals surface area contributed by atoms with Crippen LogP contribution in [0.3, 0.4) is 0 Å². The van der Waals surface area contributed by atoms with E-state index in [0.29, 0.717) is 16.7 Å². The first-order chi connectivity index (χ1) is 11.6. The van der Waals surface area contributed by atoms with E-state index in [0.717, 1.165) is 22.8 Å². The van der Waals surface area contributed by atoms with E-state index < -0.39 is 4.92 Å². The molecule has 1 saturated heterocycles. The molecule has 6 rings (SSSR count). The second-order valence-electron chi connectivity index (χ2n) is 6.82. The Kier molecular flexibility index (Phi) is 2.69. The molecule has 6 atom stereocenters. The van der Waals surface area contributed by atoms with Crippen molar-refractivity contribution < 1.29 is 14.5 Å². The minimum absolute atomic E-state index is 0.00604. The Balaban J connectivity index is 1.42. The molecule has 0 unspecified atom stereocenters. The number of imide groups is 1. The number of thiophene rings is 1. The van der Waals surface area contributed by atoms with Gasteiger partial charge in [-0.2, -0.15) is 10.1 Å². The van der Waals surface area contributed by atoms with Crippen molar-refractivity contribution >= 4 is 34.4 Å². The highest BCUT2D eigenvalue weighted by Crippen LogP contribution is 2.65.